The van der Waals surface area contributed by atoms with Gasteiger partial charge in [-0.1, -0.05) is 13.8 Å². The summed E-state index contributed by atoms with van der Waals surface area (Å²) >= 11 is 1.24. The van der Waals surface area contributed by atoms with Crippen molar-refractivity contribution in [3.63, 3.8) is 0 Å². The number of hydrogen-bond acceptors (Lipinski definition) is 4. The van der Waals surface area contributed by atoms with Crippen LogP contribution in [-0.2, 0) is 6.54 Å². The molecule has 112 valence electrons. The molecule has 6 heteroatoms. The highest BCUT2D eigenvalue weighted by atomic mass is 32.1. The van der Waals surface area contributed by atoms with Crippen molar-refractivity contribution in [1.29, 1.82) is 0 Å². The molecule has 0 bridgehead atoms. The number of aromatic nitrogens is 2. The molecule has 2 atom stereocenters. The number of carbonyl (C=O) groups excluding carboxylic acids is 1. The van der Waals surface area contributed by atoms with E-state index in [4.69, 9.17) is 0 Å². The number of carbonyl (C=O) groups is 1. The van der Waals surface area contributed by atoms with E-state index >= 15 is 0 Å². The van der Waals surface area contributed by atoms with Gasteiger partial charge in [0.05, 0.1) is 10.3 Å². The van der Waals surface area contributed by atoms with Gasteiger partial charge in [-0.05, 0) is 31.2 Å². The number of aldehydes is 1. The largest absolute Gasteiger partial charge is 0.332 e. The fourth-order valence-corrected chi connectivity index (χ4v) is 4.00. The first-order valence-corrected chi connectivity index (χ1v) is 8.06. The fraction of sp³-hybridized carbons (Fsp3) is 0.533. The second-order valence-corrected chi connectivity index (χ2v) is 6.81. The molecule has 0 aliphatic heterocycles. The molecule has 0 N–H and O–H groups in total. The van der Waals surface area contributed by atoms with Crippen LogP contribution in [0.5, 0.6) is 0 Å². The fourth-order valence-electron chi connectivity index (χ4n) is 2.87. The Morgan fingerprint density at radius 1 is 1.38 bits per heavy atom. The molecule has 21 heavy (non-hydrogen) atoms. The Kier molecular flexibility index (Phi) is 3.36. The molecule has 0 spiro atoms. The molecule has 0 radical (unpaired) electrons. The zero-order valence-electron chi connectivity index (χ0n) is 12.4. The lowest BCUT2D eigenvalue weighted by Gasteiger charge is -2.11. The van der Waals surface area contributed by atoms with E-state index in [1.807, 2.05) is 13.8 Å². The Hall–Kier alpha value is -1.69. The maximum absolute atomic E-state index is 12.7. The summed E-state index contributed by atoms with van der Waals surface area (Å²) in [6, 6.07) is 0.0106. The van der Waals surface area contributed by atoms with Gasteiger partial charge in [0.1, 0.15) is 4.83 Å². The lowest BCUT2D eigenvalue weighted by molar-refractivity contribution is 0.112. The number of aryl methyl sites for hydroxylation is 2. The van der Waals surface area contributed by atoms with Crippen LogP contribution in [0.25, 0.3) is 10.2 Å². The van der Waals surface area contributed by atoms with E-state index in [1.54, 1.807) is 11.5 Å². The molecule has 0 saturated heterocycles. The highest BCUT2D eigenvalue weighted by Crippen LogP contribution is 2.41. The van der Waals surface area contributed by atoms with Gasteiger partial charge < -0.3 is 0 Å². The quantitative estimate of drug-likeness (QED) is 0.815. The normalized spacial score (nSPS) is 20.9. The average Bonchev–Trinajstić information content (AvgIpc) is 3.05. The van der Waals surface area contributed by atoms with Crippen molar-refractivity contribution < 1.29 is 4.79 Å². The van der Waals surface area contributed by atoms with Gasteiger partial charge in [0.25, 0.3) is 5.56 Å². The summed E-state index contributed by atoms with van der Waals surface area (Å²) in [5, 5.41) is 0.536. The molecule has 2 aromatic heterocycles. The summed E-state index contributed by atoms with van der Waals surface area (Å²) in [5.74, 6) is 0.368. The first-order chi connectivity index (χ1) is 10.0. The third kappa shape index (κ3) is 2.00. The Balaban J connectivity index is 2.44. The third-order valence-corrected chi connectivity index (χ3v) is 5.47. The number of hydrogen-bond donors (Lipinski definition) is 0. The molecule has 0 aromatic carbocycles. The number of nitrogens with zero attached hydrogens (tertiary/aromatic N) is 2. The molecule has 1 aliphatic carbocycles. The summed E-state index contributed by atoms with van der Waals surface area (Å²) in [6.07, 6.45) is 2.45. The van der Waals surface area contributed by atoms with Crippen molar-refractivity contribution in [2.45, 2.75) is 46.2 Å². The predicted octanol–water partition coefficient (Wildman–Crippen LogP) is 2.34. The molecule has 1 fully saturated rings. The Morgan fingerprint density at radius 2 is 2.05 bits per heavy atom. The van der Waals surface area contributed by atoms with Gasteiger partial charge in [0.15, 0.2) is 6.29 Å². The van der Waals surface area contributed by atoms with Crippen LogP contribution in [0.1, 0.15) is 48.0 Å². The van der Waals surface area contributed by atoms with Crippen molar-refractivity contribution in [1.82, 2.24) is 9.13 Å². The second-order valence-electron chi connectivity index (χ2n) is 5.78. The smallest absolute Gasteiger partial charge is 0.297 e. The maximum Gasteiger partial charge on any atom is 0.332 e. The number of rotatable bonds is 4. The van der Waals surface area contributed by atoms with Crippen molar-refractivity contribution in [2.24, 2.45) is 5.92 Å². The molecule has 3 rings (SSSR count). The van der Waals surface area contributed by atoms with E-state index in [9.17, 15) is 14.4 Å². The zero-order valence-corrected chi connectivity index (χ0v) is 13.2. The molecule has 2 unspecified atom stereocenters. The van der Waals surface area contributed by atoms with E-state index in [2.05, 4.69) is 0 Å². The van der Waals surface area contributed by atoms with Crippen LogP contribution in [0.15, 0.2) is 9.59 Å². The first-order valence-electron chi connectivity index (χ1n) is 7.24. The van der Waals surface area contributed by atoms with Gasteiger partial charge in [-0.15, -0.1) is 11.3 Å². The molecule has 1 saturated carbocycles. The lowest BCUT2D eigenvalue weighted by atomic mass is 10.2. The second kappa shape index (κ2) is 4.94. The molecule has 2 heterocycles. The standard InChI is InChI=1S/C15H18N2O3S/c1-4-5-16-14-12(9(3)11(7-18)21-14)13(19)17(15(16)20)10-6-8(10)2/h7-8,10H,4-6H2,1-3H3. The Morgan fingerprint density at radius 3 is 2.57 bits per heavy atom. The highest BCUT2D eigenvalue weighted by molar-refractivity contribution is 7.20. The third-order valence-electron chi connectivity index (χ3n) is 4.23. The molecule has 1 aliphatic rings. The van der Waals surface area contributed by atoms with Crippen LogP contribution in [0.2, 0.25) is 0 Å². The highest BCUT2D eigenvalue weighted by Gasteiger charge is 2.38. The summed E-state index contributed by atoms with van der Waals surface area (Å²) < 4.78 is 3.06. The van der Waals surface area contributed by atoms with Gasteiger partial charge >= 0.3 is 5.69 Å². The van der Waals surface area contributed by atoms with Crippen LogP contribution < -0.4 is 11.2 Å². The topological polar surface area (TPSA) is 61.1 Å². The average molecular weight is 306 g/mol. The summed E-state index contributed by atoms with van der Waals surface area (Å²) in [7, 11) is 0. The van der Waals surface area contributed by atoms with E-state index in [-0.39, 0.29) is 17.3 Å². The van der Waals surface area contributed by atoms with E-state index in [0.717, 1.165) is 19.1 Å². The van der Waals surface area contributed by atoms with Crippen LogP contribution >= 0.6 is 11.3 Å². The molecular formula is C15H18N2O3S. The molecule has 5 nitrogen and oxygen atoms in total. The van der Waals surface area contributed by atoms with Crippen LogP contribution in [0, 0.1) is 12.8 Å². The predicted molar refractivity (Wildman–Crippen MR) is 83.6 cm³/mol. The van der Waals surface area contributed by atoms with Crippen molar-refractivity contribution in [3.05, 3.63) is 31.3 Å². The van der Waals surface area contributed by atoms with E-state index < -0.39 is 0 Å². The Labute approximate surface area is 125 Å². The Bertz CT molecular complexity index is 843. The summed E-state index contributed by atoms with van der Waals surface area (Å²) in [4.78, 5) is 37.7. The summed E-state index contributed by atoms with van der Waals surface area (Å²) in [6.45, 7) is 6.39. The van der Waals surface area contributed by atoms with E-state index in [0.29, 0.717) is 33.1 Å². The van der Waals surface area contributed by atoms with Gasteiger partial charge in [0, 0.05) is 12.6 Å². The monoisotopic (exact) mass is 306 g/mol. The minimum atomic E-state index is -0.237. The lowest BCUT2D eigenvalue weighted by Crippen LogP contribution is -2.39. The minimum absolute atomic E-state index is 0.0106. The van der Waals surface area contributed by atoms with Crippen molar-refractivity contribution in [2.75, 3.05) is 0 Å². The molecular weight excluding hydrogens is 288 g/mol. The number of thiophene rings is 1. The van der Waals surface area contributed by atoms with Crippen molar-refractivity contribution in [3.8, 4) is 0 Å². The van der Waals surface area contributed by atoms with Crippen LogP contribution in [0.3, 0.4) is 0 Å². The van der Waals surface area contributed by atoms with Gasteiger partial charge in [0.2, 0.25) is 0 Å². The number of fused-ring (bicyclic) bond motifs is 1. The maximum atomic E-state index is 12.7. The first kappa shape index (κ1) is 14.3. The zero-order chi connectivity index (χ0) is 15.3. The van der Waals surface area contributed by atoms with Crippen molar-refractivity contribution >= 4 is 27.8 Å². The van der Waals surface area contributed by atoms with Gasteiger partial charge in [-0.25, -0.2) is 4.79 Å². The van der Waals surface area contributed by atoms with Crippen LogP contribution in [0.4, 0.5) is 0 Å². The van der Waals surface area contributed by atoms with Gasteiger partial charge in [-0.3, -0.25) is 18.7 Å². The summed E-state index contributed by atoms with van der Waals surface area (Å²) in [5.41, 5.74) is 0.225. The van der Waals surface area contributed by atoms with E-state index in [1.165, 1.54) is 15.9 Å². The molecule has 2 aromatic rings. The SMILES string of the molecule is CCCn1c(=O)n(C2CC2C)c(=O)c2c(C)c(C=O)sc21. The minimum Gasteiger partial charge on any atom is -0.297 e. The van der Waals surface area contributed by atoms with Crippen LogP contribution in [-0.4, -0.2) is 15.4 Å². The van der Waals surface area contributed by atoms with Gasteiger partial charge in [-0.2, -0.15) is 0 Å². The molecule has 0 amide bonds.